The number of likely N-dealkylation sites (N-methyl/N-ethyl adjacent to an activating group) is 1. The minimum absolute atomic E-state index is 0.110. The zero-order chi connectivity index (χ0) is 23.1. The lowest BCUT2D eigenvalue weighted by Gasteiger charge is -2.28. The molecule has 1 amide bonds. The van der Waals surface area contributed by atoms with Crippen molar-refractivity contribution in [1.82, 2.24) is 9.88 Å². The number of aromatic nitrogens is 1. The maximum Gasteiger partial charge on any atom is 0.295 e. The first-order chi connectivity index (χ1) is 16.0. The van der Waals surface area contributed by atoms with Crippen molar-refractivity contribution in [3.05, 3.63) is 81.3 Å². The number of fused-ring (bicyclic) bond motifs is 1. The number of rotatable bonds is 4. The van der Waals surface area contributed by atoms with Crippen molar-refractivity contribution in [2.75, 3.05) is 25.1 Å². The SMILES string of the molecule is Cc1ccsc1C1/C(=C(/O)c2ccc3c(c2)N(C)CCO3)C(=O)C(=O)N1Cc1ccncc1. The van der Waals surface area contributed by atoms with E-state index >= 15 is 0 Å². The smallest absolute Gasteiger partial charge is 0.295 e. The number of carbonyl (C=O) groups is 2. The van der Waals surface area contributed by atoms with Gasteiger partial charge in [-0.05, 0) is 59.8 Å². The van der Waals surface area contributed by atoms with Gasteiger partial charge < -0.3 is 19.6 Å². The maximum atomic E-state index is 13.2. The van der Waals surface area contributed by atoms with Gasteiger partial charge in [0.1, 0.15) is 24.2 Å². The highest BCUT2D eigenvalue weighted by atomic mass is 32.1. The standard InChI is InChI=1S/C25H23N3O4S/c1-15-7-12-33-24(15)21-20(23(30)25(31)28(21)14-16-5-8-26-9-6-16)22(29)17-3-4-19-18(13-17)27(2)10-11-32-19/h3-9,12-13,21,29H,10-11,14H2,1-2H3/b22-20-. The molecule has 1 aromatic carbocycles. The second-order valence-electron chi connectivity index (χ2n) is 8.20. The highest BCUT2D eigenvalue weighted by Crippen LogP contribution is 2.44. The van der Waals surface area contributed by atoms with E-state index in [1.54, 1.807) is 30.6 Å². The summed E-state index contributed by atoms with van der Waals surface area (Å²) in [6.45, 7) is 3.50. The number of hydrogen-bond donors (Lipinski definition) is 1. The summed E-state index contributed by atoms with van der Waals surface area (Å²) in [7, 11) is 1.95. The van der Waals surface area contributed by atoms with Crippen molar-refractivity contribution in [2.45, 2.75) is 19.5 Å². The third-order valence-electron chi connectivity index (χ3n) is 6.12. The van der Waals surface area contributed by atoms with Gasteiger partial charge in [0.05, 0.1) is 17.8 Å². The number of amides is 1. The van der Waals surface area contributed by atoms with Crippen molar-refractivity contribution in [1.29, 1.82) is 0 Å². The number of carbonyl (C=O) groups excluding carboxylic acids is 2. The first kappa shape index (κ1) is 21.2. The fourth-order valence-electron chi connectivity index (χ4n) is 4.32. The van der Waals surface area contributed by atoms with E-state index in [9.17, 15) is 14.7 Å². The fourth-order valence-corrected chi connectivity index (χ4v) is 5.37. The number of ether oxygens (including phenoxy) is 1. The van der Waals surface area contributed by atoms with Crippen molar-refractivity contribution in [2.24, 2.45) is 0 Å². The molecule has 0 saturated carbocycles. The van der Waals surface area contributed by atoms with Crippen LogP contribution >= 0.6 is 11.3 Å². The minimum atomic E-state index is -0.679. The number of aliphatic hydroxyl groups is 1. The molecule has 7 nitrogen and oxygen atoms in total. The molecule has 5 rings (SSSR count). The lowest BCUT2D eigenvalue weighted by atomic mass is 9.97. The summed E-state index contributed by atoms with van der Waals surface area (Å²) in [5.41, 5.74) is 3.25. The van der Waals surface area contributed by atoms with Crippen molar-refractivity contribution in [3.63, 3.8) is 0 Å². The number of likely N-dealkylation sites (tertiary alicyclic amines) is 1. The predicted molar refractivity (Wildman–Crippen MR) is 126 cm³/mol. The molecule has 1 unspecified atom stereocenters. The summed E-state index contributed by atoms with van der Waals surface area (Å²) >= 11 is 1.47. The number of aryl methyl sites for hydroxylation is 1. The molecular formula is C25H23N3O4S. The Labute approximate surface area is 195 Å². The molecule has 1 saturated heterocycles. The summed E-state index contributed by atoms with van der Waals surface area (Å²) in [5, 5.41) is 13.3. The van der Waals surface area contributed by atoms with E-state index in [2.05, 4.69) is 4.98 Å². The van der Waals surface area contributed by atoms with Crippen LogP contribution in [0.3, 0.4) is 0 Å². The van der Waals surface area contributed by atoms with Crippen LogP contribution in [-0.2, 0) is 16.1 Å². The molecule has 2 aliphatic heterocycles. The second-order valence-corrected chi connectivity index (χ2v) is 9.15. The van der Waals surface area contributed by atoms with Gasteiger partial charge in [0.15, 0.2) is 0 Å². The van der Waals surface area contributed by atoms with Crippen LogP contribution in [-0.4, -0.2) is 46.9 Å². The predicted octanol–water partition coefficient (Wildman–Crippen LogP) is 3.90. The minimum Gasteiger partial charge on any atom is -0.507 e. The zero-order valence-corrected chi connectivity index (χ0v) is 19.1. The maximum absolute atomic E-state index is 13.2. The molecule has 168 valence electrons. The van der Waals surface area contributed by atoms with Gasteiger partial charge in [-0.3, -0.25) is 14.6 Å². The van der Waals surface area contributed by atoms with E-state index in [-0.39, 0.29) is 17.9 Å². The largest absolute Gasteiger partial charge is 0.507 e. The average Bonchev–Trinajstić information content (AvgIpc) is 3.35. The molecule has 0 aliphatic carbocycles. The van der Waals surface area contributed by atoms with E-state index in [4.69, 9.17) is 4.74 Å². The van der Waals surface area contributed by atoms with Crippen LogP contribution in [0.2, 0.25) is 0 Å². The van der Waals surface area contributed by atoms with Crippen LogP contribution < -0.4 is 9.64 Å². The van der Waals surface area contributed by atoms with Gasteiger partial charge in [-0.15, -0.1) is 11.3 Å². The number of pyridine rings is 1. The third kappa shape index (κ3) is 3.66. The summed E-state index contributed by atoms with van der Waals surface area (Å²) in [5.74, 6) is -0.750. The van der Waals surface area contributed by atoms with E-state index in [1.807, 2.05) is 42.5 Å². The number of ketones is 1. The summed E-state index contributed by atoms with van der Waals surface area (Å²) in [4.78, 5) is 34.9. The topological polar surface area (TPSA) is 83.0 Å². The third-order valence-corrected chi connectivity index (χ3v) is 7.19. The van der Waals surface area contributed by atoms with Crippen LogP contribution in [0.4, 0.5) is 5.69 Å². The van der Waals surface area contributed by atoms with Crippen LogP contribution in [0.15, 0.2) is 59.7 Å². The summed E-state index contributed by atoms with van der Waals surface area (Å²) in [6, 6.07) is 10.2. The Hall–Kier alpha value is -3.65. The lowest BCUT2D eigenvalue weighted by Crippen LogP contribution is -2.29. The number of nitrogens with zero attached hydrogens (tertiary/aromatic N) is 3. The molecule has 0 bridgehead atoms. The van der Waals surface area contributed by atoms with Gasteiger partial charge >= 0.3 is 0 Å². The number of Topliss-reactive ketones (excluding diaryl/α,β-unsaturated/α-hetero) is 1. The molecule has 1 atom stereocenters. The van der Waals surface area contributed by atoms with E-state index < -0.39 is 17.7 Å². The average molecular weight is 462 g/mol. The van der Waals surface area contributed by atoms with Crippen molar-refractivity contribution >= 4 is 34.5 Å². The van der Waals surface area contributed by atoms with Gasteiger partial charge in [-0.2, -0.15) is 0 Å². The van der Waals surface area contributed by atoms with Crippen LogP contribution in [0.5, 0.6) is 5.75 Å². The molecule has 33 heavy (non-hydrogen) atoms. The highest BCUT2D eigenvalue weighted by molar-refractivity contribution is 7.10. The Morgan fingerprint density at radius 2 is 2.00 bits per heavy atom. The Kier molecular flexibility index (Phi) is 5.38. The fraction of sp³-hybridized carbons (Fsp3) is 0.240. The summed E-state index contributed by atoms with van der Waals surface area (Å²) in [6.07, 6.45) is 3.31. The second kappa shape index (κ2) is 8.37. The highest BCUT2D eigenvalue weighted by Gasteiger charge is 2.47. The van der Waals surface area contributed by atoms with E-state index in [1.165, 1.54) is 16.2 Å². The first-order valence-electron chi connectivity index (χ1n) is 10.7. The monoisotopic (exact) mass is 461 g/mol. The molecule has 1 N–H and O–H groups in total. The number of thiophene rings is 1. The van der Waals surface area contributed by atoms with Crippen molar-refractivity contribution in [3.8, 4) is 5.75 Å². The van der Waals surface area contributed by atoms with Gasteiger partial charge in [0.2, 0.25) is 0 Å². The molecule has 0 spiro atoms. The molecule has 2 aromatic heterocycles. The van der Waals surface area contributed by atoms with E-state index in [0.29, 0.717) is 12.2 Å². The van der Waals surface area contributed by atoms with Gasteiger partial charge in [-0.1, -0.05) is 0 Å². The molecule has 0 radical (unpaired) electrons. The zero-order valence-electron chi connectivity index (χ0n) is 18.3. The number of anilines is 1. The molecule has 3 aromatic rings. The van der Waals surface area contributed by atoms with Crippen LogP contribution in [0.25, 0.3) is 5.76 Å². The Bertz CT molecular complexity index is 1270. The number of aliphatic hydroxyl groups excluding tert-OH is 1. The summed E-state index contributed by atoms with van der Waals surface area (Å²) < 4.78 is 5.70. The molecular weight excluding hydrogens is 438 g/mol. The quantitative estimate of drug-likeness (QED) is 0.361. The molecule has 1 fully saturated rings. The lowest BCUT2D eigenvalue weighted by molar-refractivity contribution is -0.140. The van der Waals surface area contributed by atoms with Crippen LogP contribution in [0, 0.1) is 6.92 Å². The molecule has 2 aliphatic rings. The Morgan fingerprint density at radius 3 is 2.73 bits per heavy atom. The van der Waals surface area contributed by atoms with Gasteiger partial charge in [0, 0.05) is 36.4 Å². The normalized spacial score (nSPS) is 19.5. The number of benzene rings is 1. The molecule has 8 heteroatoms. The van der Waals surface area contributed by atoms with Crippen LogP contribution in [0.1, 0.15) is 27.6 Å². The first-order valence-corrected chi connectivity index (χ1v) is 11.5. The molecule has 4 heterocycles. The Morgan fingerprint density at radius 1 is 1.21 bits per heavy atom. The van der Waals surface area contributed by atoms with Gasteiger partial charge in [-0.25, -0.2) is 0 Å². The number of hydrogen-bond acceptors (Lipinski definition) is 7. The Balaban J connectivity index is 1.64. The van der Waals surface area contributed by atoms with Crippen molar-refractivity contribution < 1.29 is 19.4 Å². The van der Waals surface area contributed by atoms with E-state index in [0.717, 1.165) is 34.0 Å². The van der Waals surface area contributed by atoms with Gasteiger partial charge in [0.25, 0.3) is 11.7 Å².